The molecular formula is C36H41FN4O3. The van der Waals surface area contributed by atoms with Crippen LogP contribution in [0.25, 0.3) is 11.1 Å². The van der Waals surface area contributed by atoms with Crippen molar-refractivity contribution in [3.05, 3.63) is 94.7 Å². The third-order valence-corrected chi connectivity index (χ3v) is 8.43. The lowest BCUT2D eigenvalue weighted by atomic mass is 9.82. The molecule has 0 bridgehead atoms. The van der Waals surface area contributed by atoms with Gasteiger partial charge in [-0.3, -0.25) is 9.78 Å². The average Bonchev–Trinajstić information content (AvgIpc) is 2.97. The molecule has 3 heterocycles. The molecule has 1 saturated heterocycles. The largest absolute Gasteiger partial charge is 0.493 e. The summed E-state index contributed by atoms with van der Waals surface area (Å²) < 4.78 is 19.3. The van der Waals surface area contributed by atoms with Crippen LogP contribution in [-0.2, 0) is 17.6 Å². The number of aliphatic carboxylic acids is 1. The van der Waals surface area contributed by atoms with Gasteiger partial charge in [0.15, 0.2) is 0 Å². The zero-order chi connectivity index (χ0) is 31.4. The predicted molar refractivity (Wildman–Crippen MR) is 174 cm³/mol. The minimum absolute atomic E-state index is 0.114. The number of carbonyl (C=O) groups is 1. The normalized spacial score (nSPS) is 14.4. The van der Waals surface area contributed by atoms with Gasteiger partial charge in [0.1, 0.15) is 17.4 Å². The molecule has 5 rings (SSSR count). The summed E-state index contributed by atoms with van der Waals surface area (Å²) in [6, 6.07) is 18.3. The van der Waals surface area contributed by atoms with E-state index in [9.17, 15) is 14.3 Å². The van der Waals surface area contributed by atoms with Gasteiger partial charge in [0, 0.05) is 42.0 Å². The summed E-state index contributed by atoms with van der Waals surface area (Å²) in [6.07, 6.45) is 2.56. The number of anilines is 3. The van der Waals surface area contributed by atoms with Gasteiger partial charge < -0.3 is 20.1 Å². The van der Waals surface area contributed by atoms with E-state index in [-0.39, 0.29) is 17.7 Å². The molecule has 0 unspecified atom stereocenters. The van der Waals surface area contributed by atoms with Gasteiger partial charge in [-0.05, 0) is 86.6 Å². The molecule has 0 radical (unpaired) electrons. The first-order chi connectivity index (χ1) is 21.0. The summed E-state index contributed by atoms with van der Waals surface area (Å²) in [5.74, 6) is 0.243. The molecule has 0 aliphatic carbocycles. The van der Waals surface area contributed by atoms with Gasteiger partial charge in [0.25, 0.3) is 0 Å². The first kappa shape index (κ1) is 31.0. The maximum atomic E-state index is 13.3. The molecular weight excluding hydrogens is 555 g/mol. The van der Waals surface area contributed by atoms with E-state index in [1.165, 1.54) is 12.1 Å². The van der Waals surface area contributed by atoms with Crippen molar-refractivity contribution in [1.29, 1.82) is 0 Å². The van der Waals surface area contributed by atoms with Crippen LogP contribution in [0.2, 0.25) is 0 Å². The van der Waals surface area contributed by atoms with Crippen molar-refractivity contribution < 1.29 is 19.0 Å². The zero-order valence-corrected chi connectivity index (χ0v) is 26.2. The monoisotopic (exact) mass is 596 g/mol. The van der Waals surface area contributed by atoms with Gasteiger partial charge in [-0.25, -0.2) is 9.37 Å². The Balaban J connectivity index is 1.55. The summed E-state index contributed by atoms with van der Waals surface area (Å²) in [7, 11) is 0. The van der Waals surface area contributed by atoms with Crippen molar-refractivity contribution in [2.45, 2.75) is 60.3 Å². The summed E-state index contributed by atoms with van der Waals surface area (Å²) in [4.78, 5) is 24.1. The fourth-order valence-electron chi connectivity index (χ4n) is 5.74. The Morgan fingerprint density at radius 1 is 0.955 bits per heavy atom. The van der Waals surface area contributed by atoms with Gasteiger partial charge in [0.05, 0.1) is 30.1 Å². The fraction of sp³-hybridized carbons (Fsp3) is 0.361. The minimum atomic E-state index is -0.886. The van der Waals surface area contributed by atoms with E-state index < -0.39 is 5.97 Å². The van der Waals surface area contributed by atoms with E-state index in [0.29, 0.717) is 24.5 Å². The molecule has 7 nitrogen and oxygen atoms in total. The number of nitrogens with one attached hydrogen (secondary N) is 1. The molecule has 0 atom stereocenters. The highest BCUT2D eigenvalue weighted by atomic mass is 19.1. The van der Waals surface area contributed by atoms with Crippen molar-refractivity contribution in [3.8, 4) is 16.9 Å². The lowest BCUT2D eigenvalue weighted by Gasteiger charge is -2.40. The van der Waals surface area contributed by atoms with Crippen LogP contribution in [0.15, 0.2) is 60.7 Å². The number of aryl methyl sites for hydroxylation is 3. The Kier molecular flexibility index (Phi) is 9.18. The number of carboxylic acid groups (broad SMARTS) is 1. The molecule has 230 valence electrons. The van der Waals surface area contributed by atoms with E-state index >= 15 is 0 Å². The number of halogens is 1. The lowest BCUT2D eigenvalue weighted by molar-refractivity contribution is -0.136. The van der Waals surface area contributed by atoms with Crippen molar-refractivity contribution in [1.82, 2.24) is 9.97 Å². The van der Waals surface area contributed by atoms with Gasteiger partial charge >= 0.3 is 5.97 Å². The molecule has 8 heteroatoms. The summed E-state index contributed by atoms with van der Waals surface area (Å²) in [5, 5.41) is 13.5. The summed E-state index contributed by atoms with van der Waals surface area (Å²) in [5.41, 5.74) is 7.99. The first-order valence-corrected chi connectivity index (χ1v) is 15.2. The number of hydrogen-bond acceptors (Lipinski definition) is 6. The second-order valence-electron chi connectivity index (χ2n) is 12.4. The molecule has 2 aromatic carbocycles. The quantitative estimate of drug-likeness (QED) is 0.193. The van der Waals surface area contributed by atoms with Crippen molar-refractivity contribution in [2.24, 2.45) is 5.41 Å². The first-order valence-electron chi connectivity index (χ1n) is 15.2. The molecule has 1 aliphatic rings. The number of nitrogens with zero attached hydrogens (tertiary/aromatic N) is 3. The summed E-state index contributed by atoms with van der Waals surface area (Å²) >= 11 is 0. The van der Waals surface area contributed by atoms with Gasteiger partial charge in [0.2, 0.25) is 0 Å². The van der Waals surface area contributed by atoms with E-state index in [1.807, 2.05) is 57.2 Å². The average molecular weight is 597 g/mol. The van der Waals surface area contributed by atoms with Crippen LogP contribution in [0.1, 0.15) is 54.9 Å². The molecule has 0 saturated carbocycles. The van der Waals surface area contributed by atoms with Crippen LogP contribution in [0.4, 0.5) is 21.6 Å². The predicted octanol–water partition coefficient (Wildman–Crippen LogP) is 7.83. The number of hydrogen-bond donors (Lipinski definition) is 2. The van der Waals surface area contributed by atoms with Crippen LogP contribution in [0.5, 0.6) is 5.75 Å². The number of piperidine rings is 1. The molecule has 0 amide bonds. The Bertz CT molecular complexity index is 1630. The number of rotatable bonds is 10. The third-order valence-electron chi connectivity index (χ3n) is 8.43. The van der Waals surface area contributed by atoms with Crippen LogP contribution in [0.3, 0.4) is 0 Å². The Hall–Kier alpha value is -4.46. The molecule has 44 heavy (non-hydrogen) atoms. The Morgan fingerprint density at radius 3 is 2.27 bits per heavy atom. The maximum Gasteiger partial charge on any atom is 0.307 e. The zero-order valence-electron chi connectivity index (χ0n) is 26.2. The highest BCUT2D eigenvalue weighted by Crippen LogP contribution is 2.44. The van der Waals surface area contributed by atoms with Gasteiger partial charge in [-0.2, -0.15) is 0 Å². The van der Waals surface area contributed by atoms with Crippen LogP contribution in [-0.4, -0.2) is 40.7 Å². The topological polar surface area (TPSA) is 87.6 Å². The fourth-order valence-corrected chi connectivity index (χ4v) is 5.74. The second kappa shape index (κ2) is 13.0. The van der Waals surface area contributed by atoms with Gasteiger partial charge in [-0.15, -0.1) is 0 Å². The Labute approximate surface area is 259 Å². The standard InChI is InChI=1S/C36H41FN4O3/c1-23-6-15-31(25(3)38-23)40-35-33(27-9-13-29(14-10-27)44-21-16-26-7-11-28(37)12-8-26)34(30(22-32(42)43)24(2)39-35)41-19-17-36(4,5)18-20-41/h6-15H,16-22H2,1-5H3,(H,39,40)(H,42,43). The molecule has 2 N–H and O–H groups in total. The van der Waals surface area contributed by atoms with Crippen LogP contribution in [0, 0.1) is 32.0 Å². The molecule has 1 fully saturated rings. The van der Waals surface area contributed by atoms with Crippen LogP contribution < -0.4 is 15.0 Å². The van der Waals surface area contributed by atoms with E-state index in [4.69, 9.17) is 9.72 Å². The van der Waals surface area contributed by atoms with E-state index in [2.05, 4.69) is 29.0 Å². The van der Waals surface area contributed by atoms with Crippen LogP contribution >= 0.6 is 0 Å². The molecule has 2 aromatic heterocycles. The lowest BCUT2D eigenvalue weighted by Crippen LogP contribution is -2.38. The number of benzene rings is 2. The summed E-state index contributed by atoms with van der Waals surface area (Å²) in [6.45, 7) is 12.5. The Morgan fingerprint density at radius 2 is 1.64 bits per heavy atom. The number of pyridine rings is 2. The molecule has 1 aliphatic heterocycles. The molecule has 4 aromatic rings. The third kappa shape index (κ3) is 7.36. The van der Waals surface area contributed by atoms with Crippen molar-refractivity contribution in [3.63, 3.8) is 0 Å². The van der Waals surface area contributed by atoms with E-state index in [1.54, 1.807) is 12.1 Å². The number of aromatic nitrogens is 2. The molecule has 0 spiro atoms. The number of ether oxygens (including phenoxy) is 1. The highest BCUT2D eigenvalue weighted by Gasteiger charge is 2.31. The van der Waals surface area contributed by atoms with Gasteiger partial charge in [-0.1, -0.05) is 38.1 Å². The van der Waals surface area contributed by atoms with E-state index in [0.717, 1.165) is 76.7 Å². The smallest absolute Gasteiger partial charge is 0.307 e. The maximum absolute atomic E-state index is 13.3. The second-order valence-corrected chi connectivity index (χ2v) is 12.4. The highest BCUT2D eigenvalue weighted by molar-refractivity contribution is 5.93. The SMILES string of the molecule is Cc1ccc(Nc2nc(C)c(CC(=O)O)c(N3CCC(C)(C)CC3)c2-c2ccc(OCCc3ccc(F)cc3)cc2)c(C)n1. The van der Waals surface area contributed by atoms with Crippen molar-refractivity contribution >= 4 is 23.2 Å². The minimum Gasteiger partial charge on any atom is -0.493 e. The number of carboxylic acids is 1. The van der Waals surface area contributed by atoms with Crippen molar-refractivity contribution in [2.75, 3.05) is 29.9 Å².